The van der Waals surface area contributed by atoms with Crippen molar-refractivity contribution in [3.05, 3.63) is 0 Å². The van der Waals surface area contributed by atoms with E-state index in [2.05, 4.69) is 0 Å². The molecular formula is C4H6MgN2O3. The molecule has 1 heterocycles. The molecule has 0 aromatic rings. The van der Waals surface area contributed by atoms with Crippen LogP contribution in [0.15, 0.2) is 0 Å². The van der Waals surface area contributed by atoms with E-state index in [0.717, 1.165) is 0 Å². The highest BCUT2D eigenvalue weighted by atomic mass is 24.3. The average molecular weight is 154 g/mol. The van der Waals surface area contributed by atoms with Crippen molar-refractivity contribution >= 4 is 40.9 Å². The Kier molecular flexibility index (Phi) is 3.30. The minimum Gasteiger partial charge on any atom is -0.277 e. The predicted molar refractivity (Wildman–Crippen MR) is 34.8 cm³/mol. The van der Waals surface area contributed by atoms with Gasteiger partial charge in [-0.2, -0.15) is 0 Å². The Labute approximate surface area is 72.7 Å². The normalized spacial score (nSPS) is 17.0. The molecule has 5 nitrogen and oxygen atoms in total. The van der Waals surface area contributed by atoms with Gasteiger partial charge in [-0.1, -0.05) is 0 Å². The predicted octanol–water partition coefficient (Wildman–Crippen LogP) is -2.17. The second-order valence-corrected chi connectivity index (χ2v) is 1.60. The number of carbonyl (C=O) groups is 3. The molecule has 0 bridgehead atoms. The van der Waals surface area contributed by atoms with Gasteiger partial charge in [-0.25, -0.2) is 4.79 Å². The Balaban J connectivity index is 0.000000810. The third-order valence-electron chi connectivity index (χ3n) is 0.827. The molecule has 4 amide bonds. The zero-order valence-corrected chi connectivity index (χ0v) is 4.43. The Morgan fingerprint density at radius 1 is 1.00 bits per heavy atom. The Morgan fingerprint density at radius 3 is 1.70 bits per heavy atom. The Hall–Kier alpha value is -0.624. The summed E-state index contributed by atoms with van der Waals surface area (Å²) in [6.45, 7) is 0. The van der Waals surface area contributed by atoms with Gasteiger partial charge in [0.05, 0.1) is 0 Å². The van der Waals surface area contributed by atoms with Gasteiger partial charge >= 0.3 is 29.1 Å². The highest BCUT2D eigenvalue weighted by molar-refractivity contribution is 6.14. The number of amides is 4. The van der Waals surface area contributed by atoms with Crippen molar-refractivity contribution < 1.29 is 14.4 Å². The van der Waals surface area contributed by atoms with Crippen LogP contribution in [-0.2, 0) is 9.59 Å². The summed E-state index contributed by atoms with van der Waals surface area (Å²) in [4.78, 5) is 30.8. The fourth-order valence-electron chi connectivity index (χ4n) is 0.519. The SMILES string of the molecule is O=C1CC(=O)NC(=O)N1.[MgH2]. The summed E-state index contributed by atoms with van der Waals surface area (Å²) in [6.07, 6.45) is -0.258. The lowest BCUT2D eigenvalue weighted by atomic mass is 10.3. The van der Waals surface area contributed by atoms with Crippen LogP contribution in [0, 0.1) is 0 Å². The molecule has 1 saturated heterocycles. The largest absolute Gasteiger partial charge is 0.328 e. The van der Waals surface area contributed by atoms with Crippen LogP contribution in [-0.4, -0.2) is 40.9 Å². The van der Waals surface area contributed by atoms with Crippen LogP contribution in [0.5, 0.6) is 0 Å². The molecule has 0 atom stereocenters. The lowest BCUT2D eigenvalue weighted by Gasteiger charge is -2.09. The van der Waals surface area contributed by atoms with E-state index in [4.69, 9.17) is 0 Å². The zero-order chi connectivity index (χ0) is 6.85. The maximum atomic E-state index is 10.3. The van der Waals surface area contributed by atoms with Crippen LogP contribution in [0.1, 0.15) is 6.42 Å². The van der Waals surface area contributed by atoms with Gasteiger partial charge < -0.3 is 0 Å². The van der Waals surface area contributed by atoms with Gasteiger partial charge in [0, 0.05) is 0 Å². The van der Waals surface area contributed by atoms with Crippen molar-refractivity contribution in [1.82, 2.24) is 10.6 Å². The van der Waals surface area contributed by atoms with Gasteiger partial charge in [0.15, 0.2) is 0 Å². The highest BCUT2D eigenvalue weighted by Crippen LogP contribution is 1.85. The maximum Gasteiger partial charge on any atom is 0.328 e. The summed E-state index contributed by atoms with van der Waals surface area (Å²) in [5.74, 6) is -1.10. The summed E-state index contributed by atoms with van der Waals surface area (Å²) >= 11 is 0. The topological polar surface area (TPSA) is 75.3 Å². The molecule has 0 aromatic carbocycles. The molecule has 10 heavy (non-hydrogen) atoms. The van der Waals surface area contributed by atoms with Crippen LogP contribution in [0.25, 0.3) is 0 Å². The third kappa shape index (κ3) is 2.32. The van der Waals surface area contributed by atoms with E-state index in [1.807, 2.05) is 10.6 Å². The van der Waals surface area contributed by atoms with Crippen molar-refractivity contribution in [2.45, 2.75) is 6.42 Å². The number of rotatable bonds is 0. The first-order chi connectivity index (χ1) is 4.18. The number of carbonyl (C=O) groups excluding carboxylic acids is 3. The zero-order valence-electron chi connectivity index (χ0n) is 4.43. The van der Waals surface area contributed by atoms with Gasteiger partial charge in [-0.15, -0.1) is 0 Å². The number of imide groups is 2. The van der Waals surface area contributed by atoms with Gasteiger partial charge in [-0.05, 0) is 0 Å². The molecule has 0 aromatic heterocycles. The summed E-state index contributed by atoms with van der Waals surface area (Å²) in [6, 6.07) is -0.740. The van der Waals surface area contributed by atoms with E-state index in [9.17, 15) is 14.4 Å². The molecular weight excluding hydrogens is 148 g/mol. The third-order valence-corrected chi connectivity index (χ3v) is 0.827. The molecule has 52 valence electrons. The van der Waals surface area contributed by atoms with E-state index in [-0.39, 0.29) is 29.5 Å². The fourth-order valence-corrected chi connectivity index (χ4v) is 0.519. The number of nitrogens with one attached hydrogen (secondary N) is 2. The molecule has 1 rings (SSSR count). The van der Waals surface area contributed by atoms with Crippen molar-refractivity contribution in [1.29, 1.82) is 0 Å². The van der Waals surface area contributed by atoms with Crippen molar-refractivity contribution in [2.75, 3.05) is 0 Å². The van der Waals surface area contributed by atoms with Crippen LogP contribution < -0.4 is 10.6 Å². The minimum absolute atomic E-state index is 0. The molecule has 0 unspecified atom stereocenters. The average Bonchev–Trinajstić information content (AvgIpc) is 1.59. The quantitative estimate of drug-likeness (QED) is 0.308. The molecule has 6 heteroatoms. The fraction of sp³-hybridized carbons (Fsp3) is 0.250. The second-order valence-electron chi connectivity index (χ2n) is 1.60. The van der Waals surface area contributed by atoms with Crippen LogP contribution in [0.4, 0.5) is 4.79 Å². The van der Waals surface area contributed by atoms with Crippen LogP contribution >= 0.6 is 0 Å². The van der Waals surface area contributed by atoms with Crippen LogP contribution in [0.3, 0.4) is 0 Å². The number of barbiturate groups is 1. The van der Waals surface area contributed by atoms with Crippen molar-refractivity contribution in [3.8, 4) is 0 Å². The van der Waals surface area contributed by atoms with E-state index in [1.165, 1.54) is 0 Å². The van der Waals surface area contributed by atoms with Crippen molar-refractivity contribution in [3.63, 3.8) is 0 Å². The van der Waals surface area contributed by atoms with E-state index in [1.54, 1.807) is 0 Å². The van der Waals surface area contributed by atoms with E-state index >= 15 is 0 Å². The van der Waals surface area contributed by atoms with E-state index < -0.39 is 17.8 Å². The number of urea groups is 1. The molecule has 0 radical (unpaired) electrons. The highest BCUT2D eigenvalue weighted by Gasteiger charge is 2.20. The van der Waals surface area contributed by atoms with Gasteiger partial charge in [0.25, 0.3) is 0 Å². The first kappa shape index (κ1) is 9.38. The molecule has 2 N–H and O–H groups in total. The molecule has 0 saturated carbocycles. The minimum atomic E-state index is -0.740. The molecule has 1 aliphatic rings. The van der Waals surface area contributed by atoms with Gasteiger partial charge in [0.2, 0.25) is 11.8 Å². The smallest absolute Gasteiger partial charge is 0.277 e. The lowest BCUT2D eigenvalue weighted by molar-refractivity contribution is -0.129. The Bertz CT molecular complexity index is 146. The molecule has 1 aliphatic heterocycles. The van der Waals surface area contributed by atoms with Crippen LogP contribution in [0.2, 0.25) is 0 Å². The molecule has 0 aliphatic carbocycles. The number of hydrogen-bond acceptors (Lipinski definition) is 3. The summed E-state index contributed by atoms with van der Waals surface area (Å²) in [5, 5.41) is 3.80. The maximum absolute atomic E-state index is 10.3. The summed E-state index contributed by atoms with van der Waals surface area (Å²) in [7, 11) is 0. The molecule has 0 spiro atoms. The first-order valence-electron chi connectivity index (χ1n) is 2.32. The van der Waals surface area contributed by atoms with E-state index in [0.29, 0.717) is 0 Å². The monoisotopic (exact) mass is 154 g/mol. The summed E-state index contributed by atoms with van der Waals surface area (Å²) in [5.41, 5.74) is 0. The second kappa shape index (κ2) is 3.52. The lowest BCUT2D eigenvalue weighted by Crippen LogP contribution is -2.49. The Morgan fingerprint density at radius 2 is 1.40 bits per heavy atom. The first-order valence-corrected chi connectivity index (χ1v) is 2.32. The molecule has 1 fully saturated rings. The van der Waals surface area contributed by atoms with Crippen molar-refractivity contribution in [2.24, 2.45) is 0 Å². The van der Waals surface area contributed by atoms with Gasteiger partial charge in [-0.3, -0.25) is 20.2 Å². The van der Waals surface area contributed by atoms with Gasteiger partial charge in [0.1, 0.15) is 6.42 Å². The summed E-state index contributed by atoms with van der Waals surface area (Å²) < 4.78 is 0. The standard InChI is InChI=1S/C4H4N2O3.Mg.2H/c7-2-1-3(8)6-4(9)5-2;;;/h1H2,(H2,5,6,7,8,9);;;. The number of hydrogen-bond donors (Lipinski definition) is 2.